The van der Waals surface area contributed by atoms with Gasteiger partial charge in [-0.1, -0.05) is 0 Å². The van der Waals surface area contributed by atoms with Crippen molar-refractivity contribution >= 4 is 40.1 Å². The molecule has 22 heavy (non-hydrogen) atoms. The number of sulfonamides is 1. The molecule has 10 heteroatoms. The Balaban J connectivity index is 0.00000242. The zero-order chi connectivity index (χ0) is 15.3. The highest BCUT2D eigenvalue weighted by molar-refractivity contribution is 7.99. The van der Waals surface area contributed by atoms with Crippen molar-refractivity contribution in [2.75, 3.05) is 43.4 Å². The summed E-state index contributed by atoms with van der Waals surface area (Å²) in [5.41, 5.74) is 5.49. The first-order chi connectivity index (χ1) is 10.0. The van der Waals surface area contributed by atoms with Gasteiger partial charge in [0.05, 0.1) is 11.9 Å². The minimum absolute atomic E-state index is 0. The molecule has 2 fully saturated rings. The molecule has 130 valence electrons. The summed E-state index contributed by atoms with van der Waals surface area (Å²) in [6.45, 7) is 1.65. The molecule has 0 bridgehead atoms. The summed E-state index contributed by atoms with van der Waals surface area (Å²) in [7, 11) is -3.27. The van der Waals surface area contributed by atoms with E-state index in [-0.39, 0.29) is 36.7 Å². The van der Waals surface area contributed by atoms with Gasteiger partial charge in [-0.25, -0.2) is 12.7 Å². The lowest BCUT2D eigenvalue weighted by molar-refractivity contribution is -0.131. The second-order valence-electron chi connectivity index (χ2n) is 5.18. The normalized spacial score (nSPS) is 26.4. The maximum Gasteiger partial charge on any atom is 0.249 e. The van der Waals surface area contributed by atoms with Crippen molar-refractivity contribution in [3.8, 4) is 0 Å². The van der Waals surface area contributed by atoms with Crippen LogP contribution in [0.3, 0.4) is 0 Å². The minimum Gasteiger partial charge on any atom is -0.364 e. The predicted molar refractivity (Wildman–Crippen MR) is 89.9 cm³/mol. The van der Waals surface area contributed by atoms with E-state index in [1.807, 2.05) is 0 Å². The zero-order valence-corrected chi connectivity index (χ0v) is 14.9. The number of carbonyl (C=O) groups excluding carboxylic acids is 1. The minimum atomic E-state index is -3.27. The molecule has 7 nitrogen and oxygen atoms in total. The van der Waals surface area contributed by atoms with E-state index in [0.717, 1.165) is 17.9 Å². The van der Waals surface area contributed by atoms with Crippen LogP contribution in [-0.4, -0.2) is 74.3 Å². The fourth-order valence-corrected chi connectivity index (χ4v) is 4.93. The van der Waals surface area contributed by atoms with Gasteiger partial charge in [0.15, 0.2) is 0 Å². The SMILES string of the molecule is Cl.NC[C@H]1CC[C@@H](C(=O)NCCS(=O)(=O)N2CCSCC2)O1. The van der Waals surface area contributed by atoms with E-state index in [2.05, 4.69) is 5.32 Å². The molecule has 0 spiro atoms. The van der Waals surface area contributed by atoms with Crippen molar-refractivity contribution < 1.29 is 17.9 Å². The lowest BCUT2D eigenvalue weighted by Gasteiger charge is -2.25. The molecule has 2 heterocycles. The van der Waals surface area contributed by atoms with E-state index < -0.39 is 16.1 Å². The number of rotatable bonds is 6. The smallest absolute Gasteiger partial charge is 0.249 e. The third-order valence-electron chi connectivity index (χ3n) is 3.69. The van der Waals surface area contributed by atoms with Crippen LogP contribution in [0.2, 0.25) is 0 Å². The molecule has 0 aromatic heterocycles. The molecule has 0 saturated carbocycles. The monoisotopic (exact) mass is 373 g/mol. The zero-order valence-electron chi connectivity index (χ0n) is 12.4. The number of nitrogens with two attached hydrogens (primary N) is 1. The molecule has 1 amide bonds. The largest absolute Gasteiger partial charge is 0.364 e. The Kier molecular flexibility index (Phi) is 8.44. The van der Waals surface area contributed by atoms with Gasteiger partial charge < -0.3 is 15.8 Å². The van der Waals surface area contributed by atoms with Gasteiger partial charge in [0, 0.05) is 37.7 Å². The topological polar surface area (TPSA) is 102 Å². The first kappa shape index (κ1) is 20.0. The van der Waals surface area contributed by atoms with Crippen molar-refractivity contribution in [3.63, 3.8) is 0 Å². The average Bonchev–Trinajstić information content (AvgIpc) is 2.97. The van der Waals surface area contributed by atoms with Crippen LogP contribution in [0.5, 0.6) is 0 Å². The third kappa shape index (κ3) is 5.54. The van der Waals surface area contributed by atoms with Gasteiger partial charge in [0.25, 0.3) is 0 Å². The van der Waals surface area contributed by atoms with Crippen LogP contribution in [0.15, 0.2) is 0 Å². The van der Waals surface area contributed by atoms with Crippen LogP contribution in [0, 0.1) is 0 Å². The van der Waals surface area contributed by atoms with Gasteiger partial charge in [-0.15, -0.1) is 12.4 Å². The van der Waals surface area contributed by atoms with Gasteiger partial charge in [-0.3, -0.25) is 4.79 Å². The Labute approximate surface area is 142 Å². The number of carbonyl (C=O) groups is 1. The van der Waals surface area contributed by atoms with Crippen LogP contribution in [0.25, 0.3) is 0 Å². The number of hydrogen-bond acceptors (Lipinski definition) is 6. The summed E-state index contributed by atoms with van der Waals surface area (Å²) in [6.07, 6.45) is 0.866. The quantitative estimate of drug-likeness (QED) is 0.645. The molecule has 2 aliphatic heterocycles. The molecule has 3 N–H and O–H groups in total. The van der Waals surface area contributed by atoms with Crippen molar-refractivity contribution in [1.29, 1.82) is 0 Å². The molecule has 2 rings (SSSR count). The molecular weight excluding hydrogens is 350 g/mol. The van der Waals surface area contributed by atoms with Crippen LogP contribution in [-0.2, 0) is 19.6 Å². The maximum absolute atomic E-state index is 12.1. The number of amides is 1. The molecule has 2 saturated heterocycles. The molecule has 0 radical (unpaired) electrons. The van der Waals surface area contributed by atoms with Crippen molar-refractivity contribution in [2.45, 2.75) is 25.0 Å². The lowest BCUT2D eigenvalue weighted by Crippen LogP contribution is -2.43. The summed E-state index contributed by atoms with van der Waals surface area (Å²) in [5.74, 6) is 1.37. The van der Waals surface area contributed by atoms with Crippen molar-refractivity contribution in [1.82, 2.24) is 9.62 Å². The molecular formula is C12H24ClN3O4S2. The first-order valence-corrected chi connectivity index (χ1v) is 9.98. The molecule has 2 aliphatic rings. The fourth-order valence-electron chi connectivity index (χ4n) is 2.44. The van der Waals surface area contributed by atoms with E-state index in [9.17, 15) is 13.2 Å². The summed E-state index contributed by atoms with van der Waals surface area (Å²) in [6, 6.07) is 0. The molecule has 0 aromatic rings. The van der Waals surface area contributed by atoms with Crippen molar-refractivity contribution in [3.05, 3.63) is 0 Å². The Morgan fingerprint density at radius 1 is 1.32 bits per heavy atom. The van der Waals surface area contributed by atoms with Crippen LogP contribution in [0.4, 0.5) is 0 Å². The number of nitrogens with zero attached hydrogens (tertiary/aromatic N) is 1. The Bertz CT molecular complexity index is 457. The average molecular weight is 374 g/mol. The second-order valence-corrected chi connectivity index (χ2v) is 8.49. The number of nitrogens with one attached hydrogen (secondary N) is 1. The van der Waals surface area contributed by atoms with Gasteiger partial charge >= 0.3 is 0 Å². The van der Waals surface area contributed by atoms with E-state index >= 15 is 0 Å². The lowest BCUT2D eigenvalue weighted by atomic mass is 10.2. The van der Waals surface area contributed by atoms with E-state index in [1.165, 1.54) is 4.31 Å². The summed E-state index contributed by atoms with van der Waals surface area (Å²) < 4.78 is 31.2. The van der Waals surface area contributed by atoms with Crippen LogP contribution >= 0.6 is 24.2 Å². The summed E-state index contributed by atoms with van der Waals surface area (Å²) in [5, 5.41) is 2.65. The Morgan fingerprint density at radius 3 is 2.59 bits per heavy atom. The van der Waals surface area contributed by atoms with Gasteiger partial charge in [-0.2, -0.15) is 11.8 Å². The first-order valence-electron chi connectivity index (χ1n) is 7.22. The molecule has 0 aromatic carbocycles. The number of hydrogen-bond donors (Lipinski definition) is 2. The maximum atomic E-state index is 12.1. The Hall–Kier alpha value is -0.0600. The Morgan fingerprint density at radius 2 is 2.00 bits per heavy atom. The van der Waals surface area contributed by atoms with Gasteiger partial charge in [0.1, 0.15) is 6.10 Å². The van der Waals surface area contributed by atoms with E-state index in [4.69, 9.17) is 10.5 Å². The second kappa shape index (κ2) is 9.29. The third-order valence-corrected chi connectivity index (χ3v) is 6.50. The highest BCUT2D eigenvalue weighted by atomic mass is 35.5. The van der Waals surface area contributed by atoms with Gasteiger partial charge in [-0.05, 0) is 12.8 Å². The number of halogens is 1. The number of thioether (sulfide) groups is 1. The molecule has 0 aliphatic carbocycles. The highest BCUT2D eigenvalue weighted by Crippen LogP contribution is 2.18. The summed E-state index contributed by atoms with van der Waals surface area (Å²) in [4.78, 5) is 11.9. The van der Waals surface area contributed by atoms with Crippen molar-refractivity contribution in [2.24, 2.45) is 5.73 Å². The van der Waals surface area contributed by atoms with E-state index in [1.54, 1.807) is 11.8 Å². The summed E-state index contributed by atoms with van der Waals surface area (Å²) >= 11 is 1.76. The van der Waals surface area contributed by atoms with Gasteiger partial charge in [0.2, 0.25) is 15.9 Å². The standard InChI is InChI=1S/C12H23N3O4S2.ClH/c13-9-10-1-2-11(19-10)12(16)14-3-8-21(17,18)15-4-6-20-7-5-15;/h10-11H,1-9,13H2,(H,14,16);1H/t10-,11+;/m1./s1. The highest BCUT2D eigenvalue weighted by Gasteiger charge is 2.30. The molecule has 0 unspecified atom stereocenters. The predicted octanol–water partition coefficient (Wildman–Crippen LogP) is -0.591. The van der Waals surface area contributed by atoms with Crippen LogP contribution < -0.4 is 11.1 Å². The number of ether oxygens (including phenoxy) is 1. The molecule has 2 atom stereocenters. The fraction of sp³-hybridized carbons (Fsp3) is 0.917. The van der Waals surface area contributed by atoms with Crippen LogP contribution in [0.1, 0.15) is 12.8 Å². The van der Waals surface area contributed by atoms with E-state index in [0.29, 0.717) is 26.1 Å².